The summed E-state index contributed by atoms with van der Waals surface area (Å²) in [5.41, 5.74) is -0.174. The van der Waals surface area contributed by atoms with Crippen LogP contribution in [0.4, 0.5) is 13.2 Å². The molecule has 2 aromatic rings. The lowest BCUT2D eigenvalue weighted by atomic mass is 9.47. The molecule has 118 valence electrons. The summed E-state index contributed by atoms with van der Waals surface area (Å²) in [6.45, 7) is 4.83. The van der Waals surface area contributed by atoms with Gasteiger partial charge in [-0.1, -0.05) is 24.0 Å². The predicted octanol–water partition coefficient (Wildman–Crippen LogP) is 1.50. The molecule has 0 atom stereocenters. The molecule has 10 heteroatoms. The lowest BCUT2D eigenvalue weighted by molar-refractivity contribution is -0.137. The SMILES string of the molecule is COB(OC)c1c(C(F)(F)F)c(C)c(B(C)C)c2nonc12. The van der Waals surface area contributed by atoms with Crippen LogP contribution in [0, 0.1) is 6.92 Å². The van der Waals surface area contributed by atoms with Crippen molar-refractivity contribution < 1.29 is 27.1 Å². The van der Waals surface area contributed by atoms with E-state index in [-0.39, 0.29) is 23.3 Å². The quantitative estimate of drug-likeness (QED) is 0.801. The van der Waals surface area contributed by atoms with E-state index in [2.05, 4.69) is 14.9 Å². The maximum Gasteiger partial charge on any atom is 0.496 e. The number of aromatic nitrogens is 2. The van der Waals surface area contributed by atoms with Crippen molar-refractivity contribution in [1.82, 2.24) is 10.3 Å². The Labute approximate surface area is 126 Å². The van der Waals surface area contributed by atoms with Crippen molar-refractivity contribution >= 4 is 35.8 Å². The number of fused-ring (bicyclic) bond motifs is 1. The van der Waals surface area contributed by atoms with Gasteiger partial charge in [0, 0.05) is 19.7 Å². The van der Waals surface area contributed by atoms with E-state index in [4.69, 9.17) is 9.31 Å². The Bertz CT molecular complexity index is 684. The average Bonchev–Trinajstić information content (AvgIpc) is 2.86. The van der Waals surface area contributed by atoms with Crippen molar-refractivity contribution in [1.29, 1.82) is 0 Å². The topological polar surface area (TPSA) is 57.4 Å². The monoisotopic (exact) mass is 314 g/mol. The zero-order chi connectivity index (χ0) is 16.7. The Morgan fingerprint density at radius 3 is 1.91 bits per heavy atom. The molecule has 1 aromatic carbocycles. The lowest BCUT2D eigenvalue weighted by Crippen LogP contribution is -2.44. The Hall–Kier alpha value is -1.54. The first-order chi connectivity index (χ1) is 10.2. The molecule has 5 nitrogen and oxygen atoms in total. The largest absolute Gasteiger partial charge is 0.496 e. The fourth-order valence-corrected chi connectivity index (χ4v) is 2.81. The van der Waals surface area contributed by atoms with Gasteiger partial charge in [-0.3, -0.25) is 0 Å². The first-order valence-corrected chi connectivity index (χ1v) is 6.65. The van der Waals surface area contributed by atoms with Crippen LogP contribution >= 0.6 is 0 Å². The van der Waals surface area contributed by atoms with E-state index in [1.165, 1.54) is 21.1 Å². The van der Waals surface area contributed by atoms with E-state index < -0.39 is 18.9 Å². The summed E-state index contributed by atoms with van der Waals surface area (Å²) in [7, 11) is 1.31. The molecule has 0 bridgehead atoms. The molecule has 0 saturated carbocycles. The van der Waals surface area contributed by atoms with Crippen LogP contribution in [-0.4, -0.2) is 38.4 Å². The van der Waals surface area contributed by atoms with Crippen molar-refractivity contribution in [3.05, 3.63) is 11.1 Å². The number of halogens is 3. The van der Waals surface area contributed by atoms with Gasteiger partial charge in [-0.2, -0.15) is 13.2 Å². The number of nitrogens with zero attached hydrogens (tertiary/aromatic N) is 2. The summed E-state index contributed by atoms with van der Waals surface area (Å²) in [5, 5.41) is 7.42. The van der Waals surface area contributed by atoms with Gasteiger partial charge >= 0.3 is 13.3 Å². The highest BCUT2D eigenvalue weighted by molar-refractivity contribution is 6.74. The third-order valence-corrected chi connectivity index (χ3v) is 3.57. The molecule has 0 unspecified atom stereocenters. The first-order valence-electron chi connectivity index (χ1n) is 6.65. The second kappa shape index (κ2) is 5.92. The van der Waals surface area contributed by atoms with E-state index >= 15 is 0 Å². The standard InChI is InChI=1S/C12H15B2F3N2O3/c1-6-7(12(15,16)17)9(14(20-4)21-5)11-10(18-22-19-11)8(6)13(2)3/h1-5H3. The Balaban J connectivity index is 2.98. The van der Waals surface area contributed by atoms with Crippen LogP contribution in [0.25, 0.3) is 11.0 Å². The molecular weight excluding hydrogens is 299 g/mol. The van der Waals surface area contributed by atoms with Gasteiger partial charge in [0.15, 0.2) is 6.71 Å². The van der Waals surface area contributed by atoms with Crippen molar-refractivity contribution in [3.63, 3.8) is 0 Å². The van der Waals surface area contributed by atoms with Gasteiger partial charge in [0.1, 0.15) is 11.0 Å². The van der Waals surface area contributed by atoms with Gasteiger partial charge in [0.25, 0.3) is 0 Å². The van der Waals surface area contributed by atoms with Crippen molar-refractivity contribution in [3.8, 4) is 0 Å². The molecule has 1 heterocycles. The minimum absolute atomic E-state index is 0.00956. The van der Waals surface area contributed by atoms with E-state index in [0.29, 0.717) is 11.0 Å². The summed E-state index contributed by atoms with van der Waals surface area (Å²) < 4.78 is 55.6. The molecular formula is C12H15B2F3N2O3. The molecule has 0 N–H and O–H groups in total. The van der Waals surface area contributed by atoms with Gasteiger partial charge in [-0.25, -0.2) is 4.63 Å². The second-order valence-electron chi connectivity index (χ2n) is 5.24. The number of hydrogen-bond acceptors (Lipinski definition) is 5. The highest BCUT2D eigenvalue weighted by Gasteiger charge is 2.43. The Morgan fingerprint density at radius 1 is 1.00 bits per heavy atom. The molecule has 0 aliphatic carbocycles. The number of benzene rings is 1. The third kappa shape index (κ3) is 2.61. The number of alkyl halides is 3. The molecule has 1 aromatic heterocycles. The summed E-state index contributed by atoms with van der Waals surface area (Å²) >= 11 is 0. The summed E-state index contributed by atoms with van der Waals surface area (Å²) in [5.74, 6) is 0. The summed E-state index contributed by atoms with van der Waals surface area (Å²) in [4.78, 5) is 0. The van der Waals surface area contributed by atoms with Crippen LogP contribution in [0.1, 0.15) is 11.1 Å². The van der Waals surface area contributed by atoms with E-state index in [1.807, 2.05) is 0 Å². The highest BCUT2D eigenvalue weighted by atomic mass is 19.4. The first kappa shape index (κ1) is 16.8. The van der Waals surface area contributed by atoms with Crippen molar-refractivity contribution in [2.75, 3.05) is 14.2 Å². The Morgan fingerprint density at radius 2 is 1.50 bits per heavy atom. The molecule has 0 radical (unpaired) electrons. The molecule has 0 saturated heterocycles. The van der Waals surface area contributed by atoms with Crippen LogP contribution in [0.3, 0.4) is 0 Å². The smallest absolute Gasteiger partial charge is 0.410 e. The minimum Gasteiger partial charge on any atom is -0.410 e. The molecule has 22 heavy (non-hydrogen) atoms. The van der Waals surface area contributed by atoms with Gasteiger partial charge in [0.2, 0.25) is 0 Å². The second-order valence-corrected chi connectivity index (χ2v) is 5.24. The highest BCUT2D eigenvalue weighted by Crippen LogP contribution is 2.32. The molecule has 0 aliphatic rings. The van der Waals surface area contributed by atoms with Crippen LogP contribution in [0.2, 0.25) is 13.6 Å². The van der Waals surface area contributed by atoms with E-state index in [0.717, 1.165) is 0 Å². The van der Waals surface area contributed by atoms with Crippen LogP contribution in [-0.2, 0) is 15.5 Å². The number of rotatable bonds is 4. The van der Waals surface area contributed by atoms with Crippen molar-refractivity contribution in [2.45, 2.75) is 26.7 Å². The minimum atomic E-state index is -4.58. The summed E-state index contributed by atoms with van der Waals surface area (Å²) in [6.07, 6.45) is -4.58. The van der Waals surface area contributed by atoms with Gasteiger partial charge < -0.3 is 9.31 Å². The molecule has 0 amide bonds. The van der Waals surface area contributed by atoms with Crippen LogP contribution in [0.15, 0.2) is 4.63 Å². The number of hydrogen-bond donors (Lipinski definition) is 0. The van der Waals surface area contributed by atoms with Crippen LogP contribution in [0.5, 0.6) is 0 Å². The van der Waals surface area contributed by atoms with Gasteiger partial charge in [0.05, 0.1) is 5.56 Å². The van der Waals surface area contributed by atoms with Gasteiger partial charge in [-0.05, 0) is 17.9 Å². The van der Waals surface area contributed by atoms with Crippen LogP contribution < -0.4 is 10.9 Å². The van der Waals surface area contributed by atoms with Crippen molar-refractivity contribution in [2.24, 2.45) is 0 Å². The predicted molar refractivity (Wildman–Crippen MR) is 78.1 cm³/mol. The fourth-order valence-electron chi connectivity index (χ4n) is 2.81. The van der Waals surface area contributed by atoms with E-state index in [9.17, 15) is 13.2 Å². The zero-order valence-corrected chi connectivity index (χ0v) is 12.9. The molecule has 2 rings (SSSR count). The molecule has 0 spiro atoms. The maximum absolute atomic E-state index is 13.6. The third-order valence-electron chi connectivity index (χ3n) is 3.57. The lowest BCUT2D eigenvalue weighted by Gasteiger charge is -2.21. The van der Waals surface area contributed by atoms with Gasteiger partial charge in [-0.15, -0.1) is 0 Å². The summed E-state index contributed by atoms with van der Waals surface area (Å²) in [6, 6.07) is 0. The zero-order valence-electron chi connectivity index (χ0n) is 12.9. The normalized spacial score (nSPS) is 12.0. The average molecular weight is 314 g/mol. The molecule has 0 fully saturated rings. The molecule has 0 aliphatic heterocycles. The Kier molecular flexibility index (Phi) is 4.53. The van der Waals surface area contributed by atoms with E-state index in [1.54, 1.807) is 13.6 Å². The fraction of sp³-hybridized carbons (Fsp3) is 0.500. The maximum atomic E-state index is 13.6.